The van der Waals surface area contributed by atoms with Crippen LogP contribution in [-0.4, -0.2) is 63.7 Å². The van der Waals surface area contributed by atoms with Gasteiger partial charge in [-0.15, -0.1) is 0 Å². The van der Waals surface area contributed by atoms with E-state index in [9.17, 15) is 19.2 Å². The summed E-state index contributed by atoms with van der Waals surface area (Å²) in [4.78, 5) is 50.0. The zero-order valence-electron chi connectivity index (χ0n) is 22.8. The predicted octanol–water partition coefficient (Wildman–Crippen LogP) is 3.91. The second-order valence-electron chi connectivity index (χ2n) is 11.0. The number of nitrogens with one attached hydrogen (secondary N) is 2. The number of benzene rings is 1. The summed E-state index contributed by atoms with van der Waals surface area (Å²) in [5.41, 5.74) is -1.01. The molecule has 202 valence electrons. The van der Waals surface area contributed by atoms with E-state index in [1.807, 2.05) is 0 Å². The first-order valence-corrected chi connectivity index (χ1v) is 11.7. The number of aromatic nitrogens is 2. The molecule has 2 rings (SSSR count). The maximum atomic E-state index is 13.0. The van der Waals surface area contributed by atoms with Crippen molar-refractivity contribution in [1.29, 1.82) is 0 Å². The molecule has 0 fully saturated rings. The molecule has 0 radical (unpaired) electrons. The molecule has 0 aliphatic heterocycles. The Labute approximate surface area is 216 Å². The molecule has 11 heteroatoms. The summed E-state index contributed by atoms with van der Waals surface area (Å²) in [6, 6.07) is 5.30. The standard InChI is InChI=1S/C26H36N4O7/c1-24(2,3)36-22(33)29-26(7,8)19(21(32)35-9)28-20(31)17-12-10-16(11-13-17)18-14-27-30(15-18)23(34)37-25(4,5)6/h10-15,19H,1-9H3,(H,28,31)(H,29,33)/t19-/m1/s1. The predicted molar refractivity (Wildman–Crippen MR) is 136 cm³/mol. The summed E-state index contributed by atoms with van der Waals surface area (Å²) < 4.78 is 16.5. The van der Waals surface area contributed by atoms with E-state index in [0.717, 1.165) is 4.68 Å². The molecule has 1 aromatic heterocycles. The van der Waals surface area contributed by atoms with Crippen molar-refractivity contribution in [3.63, 3.8) is 0 Å². The molecule has 0 bridgehead atoms. The summed E-state index contributed by atoms with van der Waals surface area (Å²) in [5.74, 6) is -1.29. The lowest BCUT2D eigenvalue weighted by Crippen LogP contribution is -2.62. The number of amides is 2. The normalized spacial score (nSPS) is 12.8. The number of carbonyl (C=O) groups excluding carboxylic acids is 4. The summed E-state index contributed by atoms with van der Waals surface area (Å²) in [5, 5.41) is 9.29. The number of carbonyl (C=O) groups is 4. The van der Waals surface area contributed by atoms with Crippen LogP contribution in [0.2, 0.25) is 0 Å². The molecule has 1 atom stereocenters. The minimum absolute atomic E-state index is 0.269. The number of hydrogen-bond donors (Lipinski definition) is 2. The van der Waals surface area contributed by atoms with Gasteiger partial charge in [-0.3, -0.25) is 4.79 Å². The molecular formula is C26H36N4O7. The number of methoxy groups -OCH3 is 1. The smallest absolute Gasteiger partial charge is 0.435 e. The fourth-order valence-electron chi connectivity index (χ4n) is 3.20. The molecule has 0 aliphatic carbocycles. The first-order valence-electron chi connectivity index (χ1n) is 11.7. The van der Waals surface area contributed by atoms with Gasteiger partial charge in [0, 0.05) is 17.3 Å². The molecular weight excluding hydrogens is 480 g/mol. The number of hydrogen-bond acceptors (Lipinski definition) is 8. The Morgan fingerprint density at radius 1 is 0.865 bits per heavy atom. The summed E-state index contributed by atoms with van der Waals surface area (Å²) >= 11 is 0. The van der Waals surface area contributed by atoms with Crippen molar-refractivity contribution in [2.75, 3.05) is 7.11 Å². The minimum Gasteiger partial charge on any atom is -0.467 e. The number of nitrogens with zero attached hydrogens (tertiary/aromatic N) is 2. The van der Waals surface area contributed by atoms with E-state index < -0.39 is 46.8 Å². The molecule has 0 saturated heterocycles. The van der Waals surface area contributed by atoms with Gasteiger partial charge in [-0.25, -0.2) is 14.4 Å². The zero-order chi connectivity index (χ0) is 28.2. The van der Waals surface area contributed by atoms with Gasteiger partial charge in [0.05, 0.1) is 18.8 Å². The number of ether oxygens (including phenoxy) is 3. The van der Waals surface area contributed by atoms with Crippen LogP contribution in [0.25, 0.3) is 11.1 Å². The highest BCUT2D eigenvalue weighted by Crippen LogP contribution is 2.21. The molecule has 1 heterocycles. The molecule has 11 nitrogen and oxygen atoms in total. The van der Waals surface area contributed by atoms with Crippen LogP contribution >= 0.6 is 0 Å². The van der Waals surface area contributed by atoms with E-state index in [-0.39, 0.29) is 5.56 Å². The van der Waals surface area contributed by atoms with E-state index in [1.54, 1.807) is 79.7 Å². The van der Waals surface area contributed by atoms with Crippen molar-refractivity contribution < 1.29 is 33.4 Å². The van der Waals surface area contributed by atoms with Gasteiger partial charge < -0.3 is 24.8 Å². The van der Waals surface area contributed by atoms with E-state index in [4.69, 9.17) is 14.2 Å². The average molecular weight is 517 g/mol. The van der Waals surface area contributed by atoms with Crippen LogP contribution in [0.15, 0.2) is 36.7 Å². The molecule has 0 saturated carbocycles. The van der Waals surface area contributed by atoms with Gasteiger partial charge in [-0.2, -0.15) is 9.78 Å². The van der Waals surface area contributed by atoms with Gasteiger partial charge >= 0.3 is 18.2 Å². The van der Waals surface area contributed by atoms with Crippen LogP contribution in [0.1, 0.15) is 65.7 Å². The quantitative estimate of drug-likeness (QED) is 0.435. The van der Waals surface area contributed by atoms with Gasteiger partial charge in [-0.1, -0.05) is 12.1 Å². The Kier molecular flexibility index (Phi) is 8.74. The number of esters is 1. The SMILES string of the molecule is COC(=O)[C@@H](NC(=O)c1ccc(-c2cnn(C(=O)OC(C)(C)C)c2)cc1)C(C)(C)NC(=O)OC(C)(C)C. The molecule has 2 aromatic rings. The molecule has 0 aliphatic rings. The van der Waals surface area contributed by atoms with Crippen molar-refractivity contribution in [2.45, 2.75) is 78.2 Å². The number of alkyl carbamates (subject to hydrolysis) is 1. The lowest BCUT2D eigenvalue weighted by molar-refractivity contribution is -0.144. The van der Waals surface area contributed by atoms with Crippen LogP contribution in [0.3, 0.4) is 0 Å². The molecule has 37 heavy (non-hydrogen) atoms. The Morgan fingerprint density at radius 3 is 1.95 bits per heavy atom. The lowest BCUT2D eigenvalue weighted by atomic mass is 9.94. The monoisotopic (exact) mass is 516 g/mol. The van der Waals surface area contributed by atoms with Crippen LogP contribution in [0, 0.1) is 0 Å². The lowest BCUT2D eigenvalue weighted by Gasteiger charge is -2.34. The van der Waals surface area contributed by atoms with E-state index in [2.05, 4.69) is 15.7 Å². The maximum Gasteiger partial charge on any atom is 0.435 e. The molecule has 0 unspecified atom stereocenters. The largest absolute Gasteiger partial charge is 0.467 e. The van der Waals surface area contributed by atoms with E-state index in [0.29, 0.717) is 11.1 Å². The van der Waals surface area contributed by atoms with Crippen molar-refractivity contribution in [3.8, 4) is 11.1 Å². The molecule has 0 spiro atoms. The van der Waals surface area contributed by atoms with Gasteiger partial charge in [0.15, 0.2) is 0 Å². The highest BCUT2D eigenvalue weighted by atomic mass is 16.6. The van der Waals surface area contributed by atoms with Crippen LogP contribution < -0.4 is 10.6 Å². The fourth-order valence-corrected chi connectivity index (χ4v) is 3.20. The second-order valence-corrected chi connectivity index (χ2v) is 11.0. The Balaban J connectivity index is 2.16. The molecule has 2 amide bonds. The van der Waals surface area contributed by atoms with Crippen LogP contribution in [-0.2, 0) is 19.0 Å². The Bertz CT molecular complexity index is 1140. The van der Waals surface area contributed by atoms with Crippen molar-refractivity contribution in [2.24, 2.45) is 0 Å². The first-order chi connectivity index (χ1) is 16.9. The number of rotatable bonds is 6. The second kappa shape index (κ2) is 11.0. The van der Waals surface area contributed by atoms with Crippen molar-refractivity contribution in [1.82, 2.24) is 20.4 Å². The van der Waals surface area contributed by atoms with Crippen LogP contribution in [0.4, 0.5) is 9.59 Å². The topological polar surface area (TPSA) is 138 Å². The van der Waals surface area contributed by atoms with E-state index in [1.165, 1.54) is 19.5 Å². The zero-order valence-corrected chi connectivity index (χ0v) is 22.8. The summed E-state index contributed by atoms with van der Waals surface area (Å²) in [7, 11) is 1.19. The van der Waals surface area contributed by atoms with Crippen LogP contribution in [0.5, 0.6) is 0 Å². The van der Waals surface area contributed by atoms with Gasteiger partial charge in [-0.05, 0) is 73.1 Å². The van der Waals surface area contributed by atoms with Gasteiger partial charge in [0.25, 0.3) is 5.91 Å². The maximum absolute atomic E-state index is 13.0. The fraction of sp³-hybridized carbons (Fsp3) is 0.500. The third-order valence-electron chi connectivity index (χ3n) is 4.90. The summed E-state index contributed by atoms with van der Waals surface area (Å²) in [6.07, 6.45) is 1.70. The molecule has 2 N–H and O–H groups in total. The highest BCUT2D eigenvalue weighted by Gasteiger charge is 2.40. The average Bonchev–Trinajstić information content (AvgIpc) is 3.24. The summed E-state index contributed by atoms with van der Waals surface area (Å²) in [6.45, 7) is 13.6. The van der Waals surface area contributed by atoms with Crippen molar-refractivity contribution in [3.05, 3.63) is 42.2 Å². The highest BCUT2D eigenvalue weighted by molar-refractivity contribution is 5.97. The van der Waals surface area contributed by atoms with E-state index >= 15 is 0 Å². The third kappa shape index (κ3) is 8.62. The molecule has 1 aromatic carbocycles. The minimum atomic E-state index is -1.23. The third-order valence-corrected chi connectivity index (χ3v) is 4.90. The van der Waals surface area contributed by atoms with Crippen molar-refractivity contribution >= 4 is 24.1 Å². The Morgan fingerprint density at radius 2 is 1.43 bits per heavy atom. The van der Waals surface area contributed by atoms with Gasteiger partial charge in [0.2, 0.25) is 0 Å². The first kappa shape index (κ1) is 29.3. The van der Waals surface area contributed by atoms with Gasteiger partial charge in [0.1, 0.15) is 17.2 Å². The Hall–Kier alpha value is -3.89.